The van der Waals surface area contributed by atoms with Crippen LogP contribution >= 0.6 is 11.3 Å². The van der Waals surface area contributed by atoms with Gasteiger partial charge in [0.1, 0.15) is 9.88 Å². The molecule has 1 N–H and O–H groups in total. The standard InChI is InChI=1S/C13H20N2O2S/c1-3-10-6-4-5-7-15(10)8-11-14-9(2)12(18-11)13(16)17/h10H,3-8H2,1-2H3,(H,16,17). The molecule has 0 aliphatic carbocycles. The van der Waals surface area contributed by atoms with E-state index in [1.165, 1.54) is 30.6 Å². The van der Waals surface area contributed by atoms with Crippen LogP contribution in [0.15, 0.2) is 0 Å². The molecule has 0 amide bonds. The van der Waals surface area contributed by atoms with E-state index in [0.29, 0.717) is 16.6 Å². The van der Waals surface area contributed by atoms with Crippen molar-refractivity contribution in [2.24, 2.45) is 0 Å². The maximum Gasteiger partial charge on any atom is 0.347 e. The fourth-order valence-corrected chi connectivity index (χ4v) is 3.55. The van der Waals surface area contributed by atoms with E-state index in [1.54, 1.807) is 6.92 Å². The van der Waals surface area contributed by atoms with Gasteiger partial charge < -0.3 is 5.11 Å². The highest BCUT2D eigenvalue weighted by Gasteiger charge is 2.23. The van der Waals surface area contributed by atoms with Gasteiger partial charge in [-0.1, -0.05) is 13.3 Å². The number of likely N-dealkylation sites (tertiary alicyclic amines) is 1. The molecule has 1 atom stereocenters. The third-order valence-electron chi connectivity index (χ3n) is 3.59. The Bertz CT molecular complexity index is 431. The molecule has 1 aliphatic rings. The third kappa shape index (κ3) is 2.90. The molecular formula is C13H20N2O2S. The van der Waals surface area contributed by atoms with Gasteiger partial charge in [-0.15, -0.1) is 11.3 Å². The summed E-state index contributed by atoms with van der Waals surface area (Å²) >= 11 is 1.32. The molecule has 1 aromatic rings. The predicted molar refractivity (Wildman–Crippen MR) is 72.2 cm³/mol. The number of aryl methyl sites for hydroxylation is 1. The summed E-state index contributed by atoms with van der Waals surface area (Å²) in [6.45, 7) is 5.91. The Balaban J connectivity index is 2.08. The fourth-order valence-electron chi connectivity index (χ4n) is 2.62. The van der Waals surface area contributed by atoms with Crippen LogP contribution in [-0.2, 0) is 6.54 Å². The minimum atomic E-state index is -0.859. The van der Waals surface area contributed by atoms with Crippen molar-refractivity contribution >= 4 is 17.3 Å². The van der Waals surface area contributed by atoms with Gasteiger partial charge in [-0.3, -0.25) is 4.90 Å². The Morgan fingerprint density at radius 1 is 1.56 bits per heavy atom. The molecule has 5 heteroatoms. The fraction of sp³-hybridized carbons (Fsp3) is 0.692. The van der Waals surface area contributed by atoms with Gasteiger partial charge >= 0.3 is 5.97 Å². The number of carboxylic acids is 1. The van der Waals surface area contributed by atoms with E-state index >= 15 is 0 Å². The Morgan fingerprint density at radius 3 is 2.94 bits per heavy atom. The first-order chi connectivity index (χ1) is 8.61. The first-order valence-electron chi connectivity index (χ1n) is 6.55. The molecule has 0 aromatic carbocycles. The van der Waals surface area contributed by atoms with Gasteiger partial charge in [-0.25, -0.2) is 9.78 Å². The van der Waals surface area contributed by atoms with Crippen LogP contribution < -0.4 is 0 Å². The Kier molecular flexibility index (Phi) is 4.35. The van der Waals surface area contributed by atoms with Crippen molar-refractivity contribution in [2.45, 2.75) is 52.1 Å². The van der Waals surface area contributed by atoms with Crippen molar-refractivity contribution in [3.63, 3.8) is 0 Å². The average molecular weight is 268 g/mol. The van der Waals surface area contributed by atoms with Crippen LogP contribution in [0.4, 0.5) is 0 Å². The first-order valence-corrected chi connectivity index (χ1v) is 7.37. The number of thiazole rings is 1. The van der Waals surface area contributed by atoms with Crippen molar-refractivity contribution in [3.8, 4) is 0 Å². The number of piperidine rings is 1. The molecule has 1 unspecified atom stereocenters. The number of nitrogens with zero attached hydrogens (tertiary/aromatic N) is 2. The summed E-state index contributed by atoms with van der Waals surface area (Å²) < 4.78 is 0. The molecule has 2 heterocycles. The highest BCUT2D eigenvalue weighted by Crippen LogP contribution is 2.25. The smallest absolute Gasteiger partial charge is 0.347 e. The monoisotopic (exact) mass is 268 g/mol. The third-order valence-corrected chi connectivity index (χ3v) is 4.72. The number of aromatic nitrogens is 1. The number of carbonyl (C=O) groups is 1. The summed E-state index contributed by atoms with van der Waals surface area (Å²) in [5.41, 5.74) is 0.646. The average Bonchev–Trinajstić information content (AvgIpc) is 2.71. The zero-order valence-electron chi connectivity index (χ0n) is 11.0. The molecule has 18 heavy (non-hydrogen) atoms. The molecule has 1 fully saturated rings. The van der Waals surface area contributed by atoms with E-state index in [4.69, 9.17) is 5.11 Å². The van der Waals surface area contributed by atoms with E-state index in [9.17, 15) is 4.79 Å². The zero-order valence-corrected chi connectivity index (χ0v) is 11.8. The van der Waals surface area contributed by atoms with E-state index in [0.717, 1.165) is 24.5 Å². The second kappa shape index (κ2) is 5.80. The lowest BCUT2D eigenvalue weighted by molar-refractivity contribution is 0.0701. The van der Waals surface area contributed by atoms with Crippen molar-refractivity contribution in [2.75, 3.05) is 6.54 Å². The summed E-state index contributed by atoms with van der Waals surface area (Å²) in [7, 11) is 0. The molecule has 100 valence electrons. The van der Waals surface area contributed by atoms with Crippen molar-refractivity contribution < 1.29 is 9.90 Å². The van der Waals surface area contributed by atoms with Gasteiger partial charge in [0.05, 0.1) is 12.2 Å². The molecule has 2 rings (SSSR count). The molecule has 0 spiro atoms. The van der Waals surface area contributed by atoms with Crippen LogP contribution in [0.25, 0.3) is 0 Å². The van der Waals surface area contributed by atoms with Gasteiger partial charge in [-0.2, -0.15) is 0 Å². The molecule has 4 nitrogen and oxygen atoms in total. The maximum absolute atomic E-state index is 11.0. The minimum Gasteiger partial charge on any atom is -0.477 e. The first kappa shape index (κ1) is 13.5. The maximum atomic E-state index is 11.0. The number of hydrogen-bond acceptors (Lipinski definition) is 4. The van der Waals surface area contributed by atoms with Gasteiger partial charge in [0, 0.05) is 6.04 Å². The lowest BCUT2D eigenvalue weighted by Gasteiger charge is -2.34. The van der Waals surface area contributed by atoms with Crippen LogP contribution in [-0.4, -0.2) is 33.5 Å². The van der Waals surface area contributed by atoms with Gasteiger partial charge in [0.15, 0.2) is 0 Å². The quantitative estimate of drug-likeness (QED) is 0.912. The normalized spacial score (nSPS) is 21.1. The minimum absolute atomic E-state index is 0.384. The van der Waals surface area contributed by atoms with Gasteiger partial charge in [-0.05, 0) is 32.7 Å². The highest BCUT2D eigenvalue weighted by molar-refractivity contribution is 7.13. The van der Waals surface area contributed by atoms with Crippen LogP contribution in [0, 0.1) is 6.92 Å². The van der Waals surface area contributed by atoms with Crippen molar-refractivity contribution in [3.05, 3.63) is 15.6 Å². The summed E-state index contributed by atoms with van der Waals surface area (Å²) in [4.78, 5) is 18.2. The second-order valence-electron chi connectivity index (χ2n) is 4.86. The predicted octanol–water partition coefficient (Wildman–Crippen LogP) is 2.91. The molecule has 0 saturated carbocycles. The lowest BCUT2D eigenvalue weighted by atomic mass is 10.0. The number of hydrogen-bond donors (Lipinski definition) is 1. The zero-order chi connectivity index (χ0) is 13.1. The molecule has 1 aliphatic heterocycles. The van der Waals surface area contributed by atoms with Crippen LogP contribution in [0.1, 0.15) is 53.0 Å². The van der Waals surface area contributed by atoms with Crippen LogP contribution in [0.5, 0.6) is 0 Å². The highest BCUT2D eigenvalue weighted by atomic mass is 32.1. The van der Waals surface area contributed by atoms with E-state index in [1.807, 2.05) is 0 Å². The molecule has 0 bridgehead atoms. The topological polar surface area (TPSA) is 53.4 Å². The number of aromatic carboxylic acids is 1. The lowest BCUT2D eigenvalue weighted by Crippen LogP contribution is -2.38. The van der Waals surface area contributed by atoms with Gasteiger partial charge in [0.2, 0.25) is 0 Å². The van der Waals surface area contributed by atoms with E-state index in [-0.39, 0.29) is 0 Å². The molecule has 1 saturated heterocycles. The summed E-state index contributed by atoms with van der Waals surface area (Å²) in [5.74, 6) is -0.859. The molecular weight excluding hydrogens is 248 g/mol. The van der Waals surface area contributed by atoms with Crippen molar-refractivity contribution in [1.82, 2.24) is 9.88 Å². The molecule has 0 radical (unpaired) electrons. The Hall–Kier alpha value is -0.940. The van der Waals surface area contributed by atoms with E-state index in [2.05, 4.69) is 16.8 Å². The van der Waals surface area contributed by atoms with Crippen LogP contribution in [0.2, 0.25) is 0 Å². The summed E-state index contributed by atoms with van der Waals surface area (Å²) in [6, 6.07) is 0.635. The SMILES string of the molecule is CCC1CCCCN1Cc1nc(C)c(C(=O)O)s1. The van der Waals surface area contributed by atoms with Crippen LogP contribution in [0.3, 0.4) is 0 Å². The van der Waals surface area contributed by atoms with E-state index < -0.39 is 5.97 Å². The largest absolute Gasteiger partial charge is 0.477 e. The summed E-state index contributed by atoms with van der Waals surface area (Å²) in [6.07, 6.45) is 4.97. The second-order valence-corrected chi connectivity index (χ2v) is 5.94. The van der Waals surface area contributed by atoms with Gasteiger partial charge in [0.25, 0.3) is 0 Å². The number of carboxylic acid groups (broad SMARTS) is 1. The Morgan fingerprint density at radius 2 is 2.33 bits per heavy atom. The summed E-state index contributed by atoms with van der Waals surface area (Å²) in [5, 5.41) is 9.98. The Labute approximate surface area is 112 Å². The molecule has 1 aromatic heterocycles. The number of rotatable bonds is 4. The van der Waals surface area contributed by atoms with Crippen molar-refractivity contribution in [1.29, 1.82) is 0 Å².